The van der Waals surface area contributed by atoms with E-state index >= 15 is 0 Å². The van der Waals surface area contributed by atoms with Gasteiger partial charge in [0.05, 0.1) is 19.1 Å². The van der Waals surface area contributed by atoms with Crippen LogP contribution in [0.3, 0.4) is 0 Å². The summed E-state index contributed by atoms with van der Waals surface area (Å²) in [6.07, 6.45) is 1.36. The van der Waals surface area contributed by atoms with Crippen LogP contribution in [0.15, 0.2) is 47.0 Å². The fourth-order valence-corrected chi connectivity index (χ4v) is 3.71. The number of hydrogen-bond acceptors (Lipinski definition) is 6. The molecular formula is C24H27N3O4. The number of rotatable bonds is 7. The Kier molecular flexibility index (Phi) is 5.93. The third-order valence-corrected chi connectivity index (χ3v) is 5.36. The van der Waals surface area contributed by atoms with Crippen LogP contribution in [-0.4, -0.2) is 35.8 Å². The van der Waals surface area contributed by atoms with Crippen LogP contribution in [0.4, 0.5) is 5.69 Å². The predicted molar refractivity (Wildman–Crippen MR) is 118 cm³/mol. The maximum Gasteiger partial charge on any atom is 0.232 e. The van der Waals surface area contributed by atoms with E-state index in [1.165, 1.54) is 5.56 Å². The number of benzene rings is 2. The second-order valence-corrected chi connectivity index (χ2v) is 7.91. The third kappa shape index (κ3) is 4.40. The first kappa shape index (κ1) is 20.9. The molecule has 0 radical (unpaired) electrons. The molecule has 7 heteroatoms. The monoisotopic (exact) mass is 421 g/mol. The molecule has 1 atom stereocenters. The maximum atomic E-state index is 12.6. The number of ether oxygens (including phenoxy) is 2. The minimum absolute atomic E-state index is 0.0394. The lowest BCUT2D eigenvalue weighted by atomic mass is 10.1. The number of methoxy groups -OCH3 is 1. The SMILES string of the molecule is CCc1ccc(N2CC(c3nc(-c4ccc(OC(C)C)c(OC)c4)no3)CC2=O)cc1. The van der Waals surface area contributed by atoms with Gasteiger partial charge in [-0.3, -0.25) is 4.79 Å². The summed E-state index contributed by atoms with van der Waals surface area (Å²) < 4.78 is 16.7. The van der Waals surface area contributed by atoms with Gasteiger partial charge in [0.25, 0.3) is 0 Å². The fourth-order valence-electron chi connectivity index (χ4n) is 3.71. The number of aryl methyl sites for hydroxylation is 1. The van der Waals surface area contributed by atoms with E-state index in [1.807, 2.05) is 44.2 Å². The highest BCUT2D eigenvalue weighted by atomic mass is 16.5. The molecule has 1 amide bonds. The molecular weight excluding hydrogens is 394 g/mol. The van der Waals surface area contributed by atoms with Gasteiger partial charge in [0.2, 0.25) is 17.6 Å². The van der Waals surface area contributed by atoms with Crippen molar-refractivity contribution in [2.75, 3.05) is 18.6 Å². The Hall–Kier alpha value is -3.35. The summed E-state index contributed by atoms with van der Waals surface area (Å²) in [4.78, 5) is 19.0. The van der Waals surface area contributed by atoms with Crippen LogP contribution in [0, 0.1) is 0 Å². The van der Waals surface area contributed by atoms with Gasteiger partial charge >= 0.3 is 0 Å². The largest absolute Gasteiger partial charge is 0.493 e. The van der Waals surface area contributed by atoms with Gasteiger partial charge in [0, 0.05) is 24.2 Å². The number of nitrogens with zero attached hydrogens (tertiary/aromatic N) is 3. The highest BCUT2D eigenvalue weighted by molar-refractivity contribution is 5.96. The summed E-state index contributed by atoms with van der Waals surface area (Å²) in [5.41, 5.74) is 2.91. The highest BCUT2D eigenvalue weighted by Crippen LogP contribution is 2.35. The molecule has 1 saturated heterocycles. The normalized spacial score (nSPS) is 16.2. The third-order valence-electron chi connectivity index (χ3n) is 5.36. The summed E-state index contributed by atoms with van der Waals surface area (Å²) in [6.45, 7) is 6.56. The smallest absolute Gasteiger partial charge is 0.232 e. The summed E-state index contributed by atoms with van der Waals surface area (Å²) in [5.74, 6) is 2.13. The van der Waals surface area contributed by atoms with Gasteiger partial charge in [0.15, 0.2) is 11.5 Å². The van der Waals surface area contributed by atoms with Gasteiger partial charge in [0.1, 0.15) is 0 Å². The number of hydrogen-bond donors (Lipinski definition) is 0. The van der Waals surface area contributed by atoms with Crippen molar-refractivity contribution in [3.05, 3.63) is 53.9 Å². The zero-order chi connectivity index (χ0) is 22.0. The lowest BCUT2D eigenvalue weighted by molar-refractivity contribution is -0.117. The summed E-state index contributed by atoms with van der Waals surface area (Å²) >= 11 is 0. The predicted octanol–water partition coefficient (Wildman–Crippen LogP) is 4.62. The summed E-state index contributed by atoms with van der Waals surface area (Å²) in [5, 5.41) is 4.13. The van der Waals surface area contributed by atoms with Crippen LogP contribution in [0.5, 0.6) is 11.5 Å². The van der Waals surface area contributed by atoms with E-state index in [2.05, 4.69) is 29.2 Å². The molecule has 1 unspecified atom stereocenters. The molecule has 1 fully saturated rings. The number of carbonyl (C=O) groups excluding carboxylic acids is 1. The minimum atomic E-state index is -0.134. The zero-order valence-electron chi connectivity index (χ0n) is 18.3. The summed E-state index contributed by atoms with van der Waals surface area (Å²) in [7, 11) is 1.60. The average Bonchev–Trinajstić information content (AvgIpc) is 3.41. The van der Waals surface area contributed by atoms with Gasteiger partial charge in [-0.15, -0.1) is 0 Å². The molecule has 2 aromatic carbocycles. The van der Waals surface area contributed by atoms with Gasteiger partial charge in [-0.2, -0.15) is 4.98 Å². The standard InChI is InChI=1S/C24H27N3O4/c1-5-16-6-9-19(10-7-16)27-14-18(13-22(27)28)24-25-23(26-31-24)17-8-11-20(30-15(2)3)21(12-17)29-4/h6-12,15,18H,5,13-14H2,1-4H3. The first-order chi connectivity index (χ1) is 15.0. The van der Waals surface area contributed by atoms with Crippen LogP contribution < -0.4 is 14.4 Å². The molecule has 31 heavy (non-hydrogen) atoms. The van der Waals surface area contributed by atoms with Crippen molar-refractivity contribution in [3.8, 4) is 22.9 Å². The molecule has 0 aliphatic carbocycles. The van der Waals surface area contributed by atoms with Crippen LogP contribution in [0.25, 0.3) is 11.4 Å². The Morgan fingerprint density at radius 1 is 1.16 bits per heavy atom. The lowest BCUT2D eigenvalue weighted by Crippen LogP contribution is -2.24. The van der Waals surface area contributed by atoms with Crippen molar-refractivity contribution < 1.29 is 18.8 Å². The van der Waals surface area contributed by atoms with Gasteiger partial charge in [-0.1, -0.05) is 24.2 Å². The van der Waals surface area contributed by atoms with Crippen molar-refractivity contribution in [2.45, 2.75) is 45.6 Å². The average molecular weight is 421 g/mol. The first-order valence-electron chi connectivity index (χ1n) is 10.6. The Morgan fingerprint density at radius 2 is 1.94 bits per heavy atom. The zero-order valence-corrected chi connectivity index (χ0v) is 18.3. The van der Waals surface area contributed by atoms with Crippen molar-refractivity contribution in [1.29, 1.82) is 0 Å². The van der Waals surface area contributed by atoms with Crippen molar-refractivity contribution >= 4 is 11.6 Å². The van der Waals surface area contributed by atoms with Crippen LogP contribution >= 0.6 is 0 Å². The van der Waals surface area contributed by atoms with Crippen LogP contribution in [0.1, 0.15) is 44.6 Å². The van der Waals surface area contributed by atoms with Crippen LogP contribution in [-0.2, 0) is 11.2 Å². The molecule has 0 spiro atoms. The van der Waals surface area contributed by atoms with E-state index in [0.29, 0.717) is 36.2 Å². The maximum absolute atomic E-state index is 12.6. The topological polar surface area (TPSA) is 77.7 Å². The quantitative estimate of drug-likeness (QED) is 0.554. The van der Waals surface area contributed by atoms with Gasteiger partial charge in [-0.25, -0.2) is 0 Å². The Labute approximate surface area is 182 Å². The Morgan fingerprint density at radius 3 is 2.61 bits per heavy atom. The van der Waals surface area contributed by atoms with E-state index in [4.69, 9.17) is 14.0 Å². The van der Waals surface area contributed by atoms with E-state index in [9.17, 15) is 4.79 Å². The number of aromatic nitrogens is 2. The fraction of sp³-hybridized carbons (Fsp3) is 0.375. The molecule has 4 rings (SSSR count). The first-order valence-corrected chi connectivity index (χ1v) is 10.6. The van der Waals surface area contributed by atoms with Gasteiger partial charge < -0.3 is 18.9 Å². The number of carbonyl (C=O) groups is 1. The second-order valence-electron chi connectivity index (χ2n) is 7.91. The van der Waals surface area contributed by atoms with E-state index in [1.54, 1.807) is 12.0 Å². The highest BCUT2D eigenvalue weighted by Gasteiger charge is 2.35. The van der Waals surface area contributed by atoms with E-state index in [0.717, 1.165) is 17.7 Å². The van der Waals surface area contributed by atoms with Gasteiger partial charge in [-0.05, 0) is 56.2 Å². The molecule has 1 aliphatic rings. The molecule has 1 aliphatic heterocycles. The molecule has 7 nitrogen and oxygen atoms in total. The van der Waals surface area contributed by atoms with E-state index in [-0.39, 0.29) is 17.9 Å². The molecule has 0 bridgehead atoms. The lowest BCUT2D eigenvalue weighted by Gasteiger charge is -2.16. The van der Waals surface area contributed by atoms with Crippen LogP contribution in [0.2, 0.25) is 0 Å². The minimum Gasteiger partial charge on any atom is -0.493 e. The summed E-state index contributed by atoms with van der Waals surface area (Å²) in [6, 6.07) is 13.6. The molecule has 2 heterocycles. The molecule has 3 aromatic rings. The van der Waals surface area contributed by atoms with Crippen molar-refractivity contribution in [2.24, 2.45) is 0 Å². The molecule has 162 valence electrons. The molecule has 0 N–H and O–H groups in total. The van der Waals surface area contributed by atoms with E-state index < -0.39 is 0 Å². The Balaban J connectivity index is 1.52. The Bertz CT molecular complexity index is 1060. The number of amides is 1. The van der Waals surface area contributed by atoms with Crippen molar-refractivity contribution in [1.82, 2.24) is 10.1 Å². The van der Waals surface area contributed by atoms with Crippen molar-refractivity contribution in [3.63, 3.8) is 0 Å². The second kappa shape index (κ2) is 8.79. The number of anilines is 1. The molecule has 1 aromatic heterocycles. The molecule has 0 saturated carbocycles.